The summed E-state index contributed by atoms with van der Waals surface area (Å²) in [5, 5.41) is 10.9. The fourth-order valence-corrected chi connectivity index (χ4v) is 3.97. The molecule has 1 saturated heterocycles. The maximum absolute atomic E-state index is 12.2. The molecule has 3 aromatic rings. The number of urea groups is 1. The molecule has 1 aliphatic rings. The normalized spacial score (nSPS) is 13.8. The highest BCUT2D eigenvalue weighted by molar-refractivity contribution is 6.33. The lowest BCUT2D eigenvalue weighted by atomic mass is 10.1. The van der Waals surface area contributed by atoms with E-state index in [-0.39, 0.29) is 6.03 Å². The molecule has 0 unspecified atom stereocenters. The average Bonchev–Trinajstić information content (AvgIpc) is 3.24. The van der Waals surface area contributed by atoms with Crippen molar-refractivity contribution < 1.29 is 4.79 Å². The van der Waals surface area contributed by atoms with Crippen LogP contribution in [-0.4, -0.2) is 35.4 Å². The summed E-state index contributed by atoms with van der Waals surface area (Å²) in [5.74, 6) is 0. The Labute approximate surface area is 181 Å². The number of carbonyl (C=O) groups excluding carboxylic acids is 1. The molecule has 156 valence electrons. The molecule has 0 atom stereocenters. The van der Waals surface area contributed by atoms with Gasteiger partial charge in [-0.2, -0.15) is 5.10 Å². The molecule has 0 aliphatic carbocycles. The van der Waals surface area contributed by atoms with Crippen LogP contribution < -0.4 is 15.5 Å². The number of benzene rings is 2. The number of hydrogen-bond donors (Lipinski definition) is 2. The van der Waals surface area contributed by atoms with Gasteiger partial charge in [-0.3, -0.25) is 0 Å². The van der Waals surface area contributed by atoms with E-state index in [0.29, 0.717) is 23.7 Å². The first kappa shape index (κ1) is 20.3. The number of piperidine rings is 1. The van der Waals surface area contributed by atoms with Gasteiger partial charge in [0.2, 0.25) is 0 Å². The number of rotatable bonds is 6. The molecule has 1 aromatic heterocycles. The molecule has 1 fully saturated rings. The largest absolute Gasteiger partial charge is 0.370 e. The van der Waals surface area contributed by atoms with Gasteiger partial charge in [0.15, 0.2) is 0 Å². The van der Waals surface area contributed by atoms with Crippen molar-refractivity contribution in [2.24, 2.45) is 0 Å². The Balaban J connectivity index is 1.26. The van der Waals surface area contributed by atoms with Crippen LogP contribution in [0.15, 0.2) is 60.8 Å². The van der Waals surface area contributed by atoms with E-state index in [1.165, 1.54) is 19.3 Å². The smallest absolute Gasteiger partial charge is 0.319 e. The van der Waals surface area contributed by atoms with E-state index in [9.17, 15) is 4.79 Å². The molecule has 2 N–H and O–H groups in total. The van der Waals surface area contributed by atoms with Crippen LogP contribution in [0.5, 0.6) is 0 Å². The molecule has 0 bridgehead atoms. The highest BCUT2D eigenvalue weighted by Crippen LogP contribution is 2.30. The van der Waals surface area contributed by atoms with Crippen LogP contribution in [0.3, 0.4) is 0 Å². The zero-order valence-electron chi connectivity index (χ0n) is 16.9. The van der Waals surface area contributed by atoms with Crippen molar-refractivity contribution in [3.63, 3.8) is 0 Å². The standard InChI is InChI=1S/C23H26ClN5O/c24-21-17-19(9-10-22(21)28-14-5-2-6-15-28)26-23(30)25-13-11-18-12-16-29(27-18)20-7-3-1-4-8-20/h1,3-4,7-10,12,16-17H,2,5-6,11,13-15H2,(H2,25,26,30). The zero-order chi connectivity index (χ0) is 20.8. The molecule has 2 heterocycles. The monoisotopic (exact) mass is 423 g/mol. The summed E-state index contributed by atoms with van der Waals surface area (Å²) in [6.07, 6.45) is 6.25. The SMILES string of the molecule is O=C(NCCc1ccn(-c2ccccc2)n1)Nc1ccc(N2CCCCC2)c(Cl)c1. The van der Waals surface area contributed by atoms with E-state index in [1.54, 1.807) is 0 Å². The van der Waals surface area contributed by atoms with Gasteiger partial charge in [-0.15, -0.1) is 0 Å². The number of halogens is 1. The molecule has 30 heavy (non-hydrogen) atoms. The molecule has 7 heteroatoms. The average molecular weight is 424 g/mol. The lowest BCUT2D eigenvalue weighted by Gasteiger charge is -2.29. The minimum absolute atomic E-state index is 0.251. The Hall–Kier alpha value is -2.99. The Kier molecular flexibility index (Phi) is 6.54. The van der Waals surface area contributed by atoms with Crippen molar-refractivity contribution >= 4 is 29.0 Å². The van der Waals surface area contributed by atoms with E-state index in [2.05, 4.69) is 20.6 Å². The van der Waals surface area contributed by atoms with Crippen LogP contribution in [0.2, 0.25) is 5.02 Å². The van der Waals surface area contributed by atoms with Crippen LogP contribution in [-0.2, 0) is 6.42 Å². The number of carbonyl (C=O) groups is 1. The van der Waals surface area contributed by atoms with Crippen LogP contribution in [0.4, 0.5) is 16.2 Å². The zero-order valence-corrected chi connectivity index (χ0v) is 17.6. The topological polar surface area (TPSA) is 62.2 Å². The van der Waals surface area contributed by atoms with Gasteiger partial charge in [-0.25, -0.2) is 9.48 Å². The highest BCUT2D eigenvalue weighted by atomic mass is 35.5. The minimum atomic E-state index is -0.251. The van der Waals surface area contributed by atoms with Crippen molar-refractivity contribution in [2.45, 2.75) is 25.7 Å². The van der Waals surface area contributed by atoms with Crippen molar-refractivity contribution in [2.75, 3.05) is 29.9 Å². The molecular formula is C23H26ClN5O. The van der Waals surface area contributed by atoms with E-state index in [0.717, 1.165) is 30.2 Å². The number of aromatic nitrogens is 2. The van der Waals surface area contributed by atoms with Gasteiger partial charge in [-0.05, 0) is 55.7 Å². The number of anilines is 2. The second kappa shape index (κ2) is 9.67. The van der Waals surface area contributed by atoms with Gasteiger partial charge in [0.05, 0.1) is 22.1 Å². The summed E-state index contributed by atoms with van der Waals surface area (Å²) in [6, 6.07) is 17.4. The highest BCUT2D eigenvalue weighted by Gasteiger charge is 2.14. The second-order valence-corrected chi connectivity index (χ2v) is 7.84. The third-order valence-corrected chi connectivity index (χ3v) is 5.54. The Bertz CT molecular complexity index is 982. The first-order valence-corrected chi connectivity index (χ1v) is 10.8. The number of nitrogens with one attached hydrogen (secondary N) is 2. The van der Waals surface area contributed by atoms with Crippen molar-refractivity contribution in [3.05, 3.63) is 71.5 Å². The summed E-state index contributed by atoms with van der Waals surface area (Å²) in [7, 11) is 0. The molecule has 2 aromatic carbocycles. The summed E-state index contributed by atoms with van der Waals surface area (Å²) in [4.78, 5) is 14.5. The molecule has 1 aliphatic heterocycles. The molecule has 2 amide bonds. The molecule has 4 rings (SSSR count). The van der Waals surface area contributed by atoms with Crippen LogP contribution in [0.25, 0.3) is 5.69 Å². The third kappa shape index (κ3) is 5.13. The fourth-order valence-electron chi connectivity index (χ4n) is 3.67. The summed E-state index contributed by atoms with van der Waals surface area (Å²) >= 11 is 6.46. The van der Waals surface area contributed by atoms with Crippen molar-refractivity contribution in [3.8, 4) is 5.69 Å². The lowest BCUT2D eigenvalue weighted by molar-refractivity contribution is 0.252. The van der Waals surface area contributed by atoms with E-state index < -0.39 is 0 Å². The van der Waals surface area contributed by atoms with Gasteiger partial charge in [-0.1, -0.05) is 29.8 Å². The molecular weight excluding hydrogens is 398 g/mol. The van der Waals surface area contributed by atoms with Gasteiger partial charge < -0.3 is 15.5 Å². The van der Waals surface area contributed by atoms with Gasteiger partial charge >= 0.3 is 6.03 Å². The maximum atomic E-state index is 12.2. The van der Waals surface area contributed by atoms with Crippen molar-refractivity contribution in [1.29, 1.82) is 0 Å². The number of hydrogen-bond acceptors (Lipinski definition) is 3. The van der Waals surface area contributed by atoms with Crippen LogP contribution in [0, 0.1) is 0 Å². The fraction of sp³-hybridized carbons (Fsp3) is 0.304. The molecule has 6 nitrogen and oxygen atoms in total. The quantitative estimate of drug-likeness (QED) is 0.594. The predicted octanol–water partition coefficient (Wildman–Crippen LogP) is 4.88. The summed E-state index contributed by atoms with van der Waals surface area (Å²) in [5.41, 5.74) is 3.66. The van der Waals surface area contributed by atoms with E-state index in [1.807, 2.05) is 65.5 Å². The van der Waals surface area contributed by atoms with E-state index in [4.69, 9.17) is 11.6 Å². The van der Waals surface area contributed by atoms with Crippen LogP contribution in [0.1, 0.15) is 25.0 Å². The minimum Gasteiger partial charge on any atom is -0.370 e. The number of nitrogens with zero attached hydrogens (tertiary/aromatic N) is 3. The first-order valence-electron chi connectivity index (χ1n) is 10.4. The summed E-state index contributed by atoms with van der Waals surface area (Å²) < 4.78 is 1.83. The lowest BCUT2D eigenvalue weighted by Crippen LogP contribution is -2.31. The first-order chi connectivity index (χ1) is 14.7. The second-order valence-electron chi connectivity index (χ2n) is 7.43. The predicted molar refractivity (Wildman–Crippen MR) is 122 cm³/mol. The maximum Gasteiger partial charge on any atom is 0.319 e. The van der Waals surface area contributed by atoms with Crippen LogP contribution >= 0.6 is 11.6 Å². The van der Waals surface area contributed by atoms with Crippen molar-refractivity contribution in [1.82, 2.24) is 15.1 Å². The third-order valence-electron chi connectivity index (χ3n) is 5.23. The number of para-hydroxylation sites is 1. The Morgan fingerprint density at radius 1 is 1.03 bits per heavy atom. The Morgan fingerprint density at radius 2 is 1.83 bits per heavy atom. The van der Waals surface area contributed by atoms with Gasteiger partial charge in [0.25, 0.3) is 0 Å². The Morgan fingerprint density at radius 3 is 2.60 bits per heavy atom. The molecule has 0 saturated carbocycles. The van der Waals surface area contributed by atoms with E-state index >= 15 is 0 Å². The van der Waals surface area contributed by atoms with Gasteiger partial charge in [0.1, 0.15) is 0 Å². The van der Waals surface area contributed by atoms with Gasteiger partial charge in [0, 0.05) is 37.9 Å². The summed E-state index contributed by atoms with van der Waals surface area (Å²) in [6.45, 7) is 2.57. The molecule has 0 spiro atoms. The number of amides is 2. The molecule has 0 radical (unpaired) electrons.